The fraction of sp³-hybridized carbons (Fsp3) is 0.222. The quantitative estimate of drug-likeness (QED) is 0.481. The second-order valence-corrected chi connectivity index (χ2v) is 5.45. The minimum Gasteiger partial charge on any atom is -0.487 e. The summed E-state index contributed by atoms with van der Waals surface area (Å²) in [4.78, 5) is 8.24. The van der Waals surface area contributed by atoms with Crippen molar-refractivity contribution >= 4 is 22.5 Å². The van der Waals surface area contributed by atoms with Crippen LogP contribution in [0, 0.1) is 0 Å². The number of nitrogens with zero attached hydrogens (tertiary/aromatic N) is 2. The lowest BCUT2D eigenvalue weighted by Gasteiger charge is -2.14. The number of ether oxygens (including phenoxy) is 3. The highest BCUT2D eigenvalue weighted by molar-refractivity contribution is 6.34. The van der Waals surface area contributed by atoms with Gasteiger partial charge in [0.1, 0.15) is 24.7 Å². The Morgan fingerprint density at radius 2 is 1.75 bits per heavy atom. The number of hydrogen-bond donors (Lipinski definition) is 0. The van der Waals surface area contributed by atoms with Gasteiger partial charge in [0.2, 0.25) is 0 Å². The van der Waals surface area contributed by atoms with Crippen molar-refractivity contribution in [2.45, 2.75) is 6.61 Å². The van der Waals surface area contributed by atoms with Crippen molar-refractivity contribution in [3.63, 3.8) is 0 Å². The third-order valence-electron chi connectivity index (χ3n) is 3.43. The lowest BCUT2D eigenvalue weighted by molar-refractivity contribution is 0.143. The highest BCUT2D eigenvalue weighted by Crippen LogP contribution is 2.34. The minimum absolute atomic E-state index is 0.381. The summed E-state index contributed by atoms with van der Waals surface area (Å²) >= 11 is 6.14. The van der Waals surface area contributed by atoms with Crippen LogP contribution in [0.25, 0.3) is 10.9 Å². The van der Waals surface area contributed by atoms with E-state index < -0.39 is 0 Å². The second-order valence-electron chi connectivity index (χ2n) is 5.10. The van der Waals surface area contributed by atoms with Crippen molar-refractivity contribution < 1.29 is 14.2 Å². The first-order valence-electron chi connectivity index (χ1n) is 7.50. The Morgan fingerprint density at radius 1 is 0.958 bits per heavy atom. The van der Waals surface area contributed by atoms with E-state index >= 15 is 0 Å². The van der Waals surface area contributed by atoms with Crippen LogP contribution < -0.4 is 9.47 Å². The Labute approximate surface area is 145 Å². The summed E-state index contributed by atoms with van der Waals surface area (Å²) in [6, 6.07) is 13.5. The lowest BCUT2D eigenvalue weighted by Crippen LogP contribution is -2.06. The molecule has 0 bridgehead atoms. The van der Waals surface area contributed by atoms with Crippen LogP contribution in [-0.4, -0.2) is 30.3 Å². The van der Waals surface area contributed by atoms with E-state index in [1.807, 2.05) is 36.4 Å². The smallest absolute Gasteiger partial charge is 0.163 e. The molecule has 24 heavy (non-hydrogen) atoms. The summed E-state index contributed by atoms with van der Waals surface area (Å²) < 4.78 is 16.7. The molecule has 0 aliphatic carbocycles. The normalized spacial score (nSPS) is 10.8. The molecular formula is C18H17ClN2O3. The first-order chi connectivity index (χ1) is 11.8. The highest BCUT2D eigenvalue weighted by Gasteiger charge is 2.11. The molecule has 3 rings (SSSR count). The van der Waals surface area contributed by atoms with Gasteiger partial charge in [-0.3, -0.25) is 0 Å². The Kier molecular flexibility index (Phi) is 5.46. The van der Waals surface area contributed by atoms with Crippen molar-refractivity contribution in [3.05, 3.63) is 59.5 Å². The van der Waals surface area contributed by atoms with E-state index in [1.165, 1.54) is 6.33 Å². The Hall–Kier alpha value is -2.37. The fourth-order valence-electron chi connectivity index (χ4n) is 2.23. The molecule has 0 fully saturated rings. The van der Waals surface area contributed by atoms with E-state index in [2.05, 4.69) is 9.97 Å². The third kappa shape index (κ3) is 3.93. The van der Waals surface area contributed by atoms with Crippen LogP contribution in [0.2, 0.25) is 5.15 Å². The van der Waals surface area contributed by atoms with Crippen LogP contribution in [0.4, 0.5) is 0 Å². The number of benzene rings is 2. The van der Waals surface area contributed by atoms with Gasteiger partial charge in [-0.25, -0.2) is 9.97 Å². The summed E-state index contributed by atoms with van der Waals surface area (Å²) in [5.74, 6) is 1.20. The van der Waals surface area contributed by atoms with Gasteiger partial charge in [-0.15, -0.1) is 0 Å². The van der Waals surface area contributed by atoms with Crippen molar-refractivity contribution in [1.29, 1.82) is 0 Å². The second kappa shape index (κ2) is 7.95. The number of hydrogen-bond acceptors (Lipinski definition) is 5. The summed E-state index contributed by atoms with van der Waals surface area (Å²) in [6.45, 7) is 1.33. The zero-order valence-electron chi connectivity index (χ0n) is 13.2. The molecule has 2 aromatic carbocycles. The van der Waals surface area contributed by atoms with Gasteiger partial charge in [-0.2, -0.15) is 0 Å². The molecule has 0 aliphatic heterocycles. The number of halogens is 1. The summed E-state index contributed by atoms with van der Waals surface area (Å²) in [5, 5.41) is 1.10. The molecule has 0 radical (unpaired) electrons. The SMILES string of the molecule is COCCOc1cc2c(Cl)ncnc2cc1OCc1ccccc1. The van der Waals surface area contributed by atoms with Gasteiger partial charge in [-0.05, 0) is 11.6 Å². The molecule has 1 heterocycles. The van der Waals surface area contributed by atoms with Crippen LogP contribution >= 0.6 is 11.6 Å². The molecular weight excluding hydrogens is 328 g/mol. The van der Waals surface area contributed by atoms with E-state index in [0.29, 0.717) is 42.0 Å². The number of methoxy groups -OCH3 is 1. The maximum Gasteiger partial charge on any atom is 0.163 e. The summed E-state index contributed by atoms with van der Waals surface area (Å²) in [7, 11) is 1.63. The molecule has 3 aromatic rings. The van der Waals surface area contributed by atoms with Crippen molar-refractivity contribution in [2.75, 3.05) is 20.3 Å². The first-order valence-corrected chi connectivity index (χ1v) is 7.88. The first kappa shape index (κ1) is 16.5. The lowest BCUT2D eigenvalue weighted by atomic mass is 10.2. The standard InChI is InChI=1S/C18H17ClN2O3/c1-22-7-8-23-16-9-14-15(20-12-21-18(14)19)10-17(16)24-11-13-5-3-2-4-6-13/h2-6,9-10,12H,7-8,11H2,1H3. The topological polar surface area (TPSA) is 53.5 Å². The average Bonchev–Trinajstić information content (AvgIpc) is 2.61. The molecule has 0 amide bonds. The third-order valence-corrected chi connectivity index (χ3v) is 3.74. The summed E-state index contributed by atoms with van der Waals surface area (Å²) in [6.07, 6.45) is 1.43. The molecule has 0 aliphatic rings. The molecule has 0 saturated carbocycles. The van der Waals surface area contributed by atoms with Crippen molar-refractivity contribution in [2.24, 2.45) is 0 Å². The molecule has 0 unspecified atom stereocenters. The van der Waals surface area contributed by atoms with Gasteiger partial charge in [0, 0.05) is 18.6 Å². The molecule has 124 valence electrons. The number of rotatable bonds is 7. The maximum absolute atomic E-state index is 6.14. The van der Waals surface area contributed by atoms with E-state index in [9.17, 15) is 0 Å². The zero-order valence-corrected chi connectivity index (χ0v) is 14.0. The average molecular weight is 345 g/mol. The molecule has 5 nitrogen and oxygen atoms in total. The number of fused-ring (bicyclic) bond motifs is 1. The fourth-order valence-corrected chi connectivity index (χ4v) is 2.42. The number of aromatic nitrogens is 2. The molecule has 0 atom stereocenters. The van der Waals surface area contributed by atoms with Gasteiger partial charge in [-0.1, -0.05) is 41.9 Å². The van der Waals surface area contributed by atoms with Crippen LogP contribution in [0.3, 0.4) is 0 Å². The van der Waals surface area contributed by atoms with Gasteiger partial charge < -0.3 is 14.2 Å². The maximum atomic E-state index is 6.14. The highest BCUT2D eigenvalue weighted by atomic mass is 35.5. The summed E-state index contributed by atoms with van der Waals surface area (Å²) in [5.41, 5.74) is 1.78. The van der Waals surface area contributed by atoms with Gasteiger partial charge in [0.25, 0.3) is 0 Å². The van der Waals surface area contributed by atoms with Gasteiger partial charge >= 0.3 is 0 Å². The predicted octanol–water partition coefficient (Wildman–Crippen LogP) is 3.89. The Bertz CT molecular complexity index is 812. The molecule has 0 N–H and O–H groups in total. The van der Waals surface area contributed by atoms with Crippen molar-refractivity contribution in [3.8, 4) is 11.5 Å². The van der Waals surface area contributed by atoms with Crippen LogP contribution in [-0.2, 0) is 11.3 Å². The van der Waals surface area contributed by atoms with Gasteiger partial charge in [0.05, 0.1) is 12.1 Å². The van der Waals surface area contributed by atoms with Crippen LogP contribution in [0.5, 0.6) is 11.5 Å². The van der Waals surface area contributed by atoms with Crippen molar-refractivity contribution in [1.82, 2.24) is 9.97 Å². The molecule has 6 heteroatoms. The molecule has 0 saturated heterocycles. The van der Waals surface area contributed by atoms with E-state index in [4.69, 9.17) is 25.8 Å². The Morgan fingerprint density at radius 3 is 2.54 bits per heavy atom. The minimum atomic E-state index is 0.381. The molecule has 1 aromatic heterocycles. The zero-order chi connectivity index (χ0) is 16.8. The monoisotopic (exact) mass is 344 g/mol. The van der Waals surface area contributed by atoms with E-state index in [0.717, 1.165) is 10.9 Å². The van der Waals surface area contributed by atoms with Gasteiger partial charge in [0.15, 0.2) is 11.5 Å². The Balaban J connectivity index is 1.89. The van der Waals surface area contributed by atoms with E-state index in [1.54, 1.807) is 13.2 Å². The van der Waals surface area contributed by atoms with E-state index in [-0.39, 0.29) is 0 Å². The van der Waals surface area contributed by atoms with Crippen LogP contribution in [0.15, 0.2) is 48.8 Å². The predicted molar refractivity (Wildman–Crippen MR) is 92.7 cm³/mol. The molecule has 0 spiro atoms. The largest absolute Gasteiger partial charge is 0.487 e. The van der Waals surface area contributed by atoms with Crippen LogP contribution in [0.1, 0.15) is 5.56 Å².